The number of likely N-dealkylation sites (N-methyl/N-ethyl adjacent to an activating group) is 1. The highest BCUT2D eigenvalue weighted by molar-refractivity contribution is 6.42. The predicted molar refractivity (Wildman–Crippen MR) is 159 cm³/mol. The third-order valence-electron chi connectivity index (χ3n) is 7.35. The van der Waals surface area contributed by atoms with Crippen LogP contribution < -0.4 is 11.3 Å². The fourth-order valence-corrected chi connectivity index (χ4v) is 5.29. The van der Waals surface area contributed by atoms with Crippen LogP contribution in [0, 0.1) is 0 Å². The quantitative estimate of drug-likeness (QED) is 0.330. The molecule has 0 saturated carbocycles. The molecule has 212 valence electrons. The topological polar surface area (TPSA) is 111 Å². The van der Waals surface area contributed by atoms with E-state index in [1.807, 2.05) is 30.3 Å². The molecule has 1 unspecified atom stereocenters. The van der Waals surface area contributed by atoms with Gasteiger partial charge in [0, 0.05) is 32.2 Å². The fraction of sp³-hybridized carbons (Fsp3) is 0.267. The zero-order valence-electron chi connectivity index (χ0n) is 22.4. The van der Waals surface area contributed by atoms with Crippen LogP contribution >= 0.6 is 23.2 Å². The van der Waals surface area contributed by atoms with Crippen LogP contribution in [0.2, 0.25) is 10.0 Å². The third-order valence-corrected chi connectivity index (χ3v) is 8.08. The number of ether oxygens (including phenoxy) is 1. The van der Waals surface area contributed by atoms with Crippen molar-refractivity contribution in [1.82, 2.24) is 19.4 Å². The van der Waals surface area contributed by atoms with Crippen LogP contribution in [0.1, 0.15) is 22.0 Å². The van der Waals surface area contributed by atoms with E-state index in [9.17, 15) is 14.4 Å². The van der Waals surface area contributed by atoms with Crippen molar-refractivity contribution in [3.05, 3.63) is 98.4 Å². The molecule has 5 rings (SSSR count). The molecule has 0 spiro atoms. The van der Waals surface area contributed by atoms with Gasteiger partial charge >= 0.3 is 0 Å². The lowest BCUT2D eigenvalue weighted by Crippen LogP contribution is -2.45. The van der Waals surface area contributed by atoms with Gasteiger partial charge in [-0.3, -0.25) is 23.9 Å². The summed E-state index contributed by atoms with van der Waals surface area (Å²) in [7, 11) is 1.75. The van der Waals surface area contributed by atoms with Crippen molar-refractivity contribution in [1.29, 1.82) is 0 Å². The molecule has 1 aliphatic heterocycles. The smallest absolute Gasteiger partial charge is 0.269 e. The zero-order valence-corrected chi connectivity index (χ0v) is 23.9. The minimum atomic E-state index is -0.486. The number of primary amides is 1. The van der Waals surface area contributed by atoms with Crippen molar-refractivity contribution in [2.45, 2.75) is 12.6 Å². The van der Waals surface area contributed by atoms with E-state index in [-0.39, 0.29) is 23.5 Å². The van der Waals surface area contributed by atoms with Gasteiger partial charge in [-0.2, -0.15) is 0 Å². The van der Waals surface area contributed by atoms with Gasteiger partial charge in [0.2, 0.25) is 11.8 Å². The Hall–Kier alpha value is -3.76. The van der Waals surface area contributed by atoms with Crippen LogP contribution in [0.4, 0.5) is 0 Å². The van der Waals surface area contributed by atoms with Crippen LogP contribution in [-0.2, 0) is 16.1 Å². The monoisotopic (exact) mass is 593 g/mol. The number of morpholine rings is 1. The molecule has 1 aromatic heterocycles. The molecule has 1 saturated heterocycles. The molecule has 4 aromatic rings. The van der Waals surface area contributed by atoms with Crippen molar-refractivity contribution in [2.24, 2.45) is 5.73 Å². The number of hydrogen-bond acceptors (Lipinski definition) is 6. The van der Waals surface area contributed by atoms with Crippen molar-refractivity contribution in [3.63, 3.8) is 0 Å². The first-order valence-electron chi connectivity index (χ1n) is 13.1. The largest absolute Gasteiger partial charge is 0.379 e. The second-order valence-corrected chi connectivity index (χ2v) is 10.8. The minimum Gasteiger partial charge on any atom is -0.379 e. The van der Waals surface area contributed by atoms with Crippen molar-refractivity contribution >= 4 is 46.0 Å². The van der Waals surface area contributed by atoms with Crippen LogP contribution in [-0.4, -0.2) is 71.1 Å². The molecule has 1 fully saturated rings. The molecule has 2 amide bonds. The Bertz CT molecular complexity index is 1650. The van der Waals surface area contributed by atoms with E-state index >= 15 is 0 Å². The number of carbonyl (C=O) groups excluding carboxylic acids is 2. The Labute approximate surface area is 247 Å². The Morgan fingerprint density at radius 3 is 2.44 bits per heavy atom. The molecular formula is C30H29Cl2N5O4. The fourth-order valence-electron chi connectivity index (χ4n) is 4.97. The molecule has 41 heavy (non-hydrogen) atoms. The predicted octanol–water partition coefficient (Wildman–Crippen LogP) is 4.00. The second-order valence-electron chi connectivity index (χ2n) is 9.94. The Morgan fingerprint density at radius 2 is 1.73 bits per heavy atom. The van der Waals surface area contributed by atoms with Gasteiger partial charge in [0.15, 0.2) is 0 Å². The average molecular weight is 594 g/mol. The van der Waals surface area contributed by atoms with E-state index in [0.717, 1.165) is 29.8 Å². The summed E-state index contributed by atoms with van der Waals surface area (Å²) in [5, 5.41) is 0.587. The number of fused-ring (bicyclic) bond motifs is 1. The van der Waals surface area contributed by atoms with Crippen LogP contribution in [0.15, 0.2) is 71.7 Å². The van der Waals surface area contributed by atoms with Gasteiger partial charge < -0.3 is 15.4 Å². The van der Waals surface area contributed by atoms with Crippen molar-refractivity contribution in [3.8, 4) is 11.1 Å². The number of halogens is 2. The van der Waals surface area contributed by atoms with Crippen LogP contribution in [0.3, 0.4) is 0 Å². The summed E-state index contributed by atoms with van der Waals surface area (Å²) in [6.07, 6.45) is 1.18. The van der Waals surface area contributed by atoms with Gasteiger partial charge in [0.05, 0.1) is 46.5 Å². The average Bonchev–Trinajstić information content (AvgIpc) is 2.98. The standard InChI is InChI=1S/C30H29Cl2N5O4/c1-35(29(39)18-37-26-15-24(32)23(31)14-25(26)34-16-28(37)38)27(17-36-9-11-41-12-10-36)20-7-5-19(6-8-20)21-3-2-4-22(13-21)30(33)40/h2-8,13-16,27H,9-12,17-18H2,1H3,(H2,33,40). The molecule has 2 heterocycles. The lowest BCUT2D eigenvalue weighted by Gasteiger charge is -2.35. The lowest BCUT2D eigenvalue weighted by atomic mass is 9.98. The maximum atomic E-state index is 13.7. The minimum absolute atomic E-state index is 0.191. The Morgan fingerprint density at radius 1 is 1.02 bits per heavy atom. The summed E-state index contributed by atoms with van der Waals surface area (Å²) in [4.78, 5) is 46.2. The zero-order chi connectivity index (χ0) is 29.1. The number of amides is 2. The molecule has 2 N–H and O–H groups in total. The van der Waals surface area contributed by atoms with Gasteiger partial charge in [-0.15, -0.1) is 0 Å². The molecule has 1 atom stereocenters. The molecule has 11 heteroatoms. The van der Waals surface area contributed by atoms with E-state index < -0.39 is 11.5 Å². The first-order valence-corrected chi connectivity index (χ1v) is 13.9. The molecule has 0 bridgehead atoms. The molecule has 1 aliphatic rings. The van der Waals surface area contributed by atoms with E-state index in [1.54, 1.807) is 42.3 Å². The lowest BCUT2D eigenvalue weighted by molar-refractivity contribution is -0.133. The summed E-state index contributed by atoms with van der Waals surface area (Å²) in [5.74, 6) is -0.734. The van der Waals surface area contributed by atoms with Gasteiger partial charge in [0.25, 0.3) is 5.56 Å². The number of nitrogens with two attached hydrogens (primary N) is 1. The van der Waals surface area contributed by atoms with E-state index in [1.165, 1.54) is 10.8 Å². The van der Waals surface area contributed by atoms with Crippen LogP contribution in [0.25, 0.3) is 22.2 Å². The van der Waals surface area contributed by atoms with E-state index in [0.29, 0.717) is 41.4 Å². The summed E-state index contributed by atoms with van der Waals surface area (Å²) in [6.45, 7) is 3.16. The number of aromatic nitrogens is 2. The first-order chi connectivity index (χ1) is 19.7. The summed E-state index contributed by atoms with van der Waals surface area (Å²) >= 11 is 12.4. The molecule has 3 aromatic carbocycles. The number of nitrogens with zero attached hydrogens (tertiary/aromatic N) is 4. The second kappa shape index (κ2) is 12.4. The number of carbonyl (C=O) groups is 2. The van der Waals surface area contributed by atoms with Gasteiger partial charge in [-0.1, -0.05) is 59.6 Å². The van der Waals surface area contributed by atoms with E-state index in [2.05, 4.69) is 9.88 Å². The van der Waals surface area contributed by atoms with Crippen molar-refractivity contribution in [2.75, 3.05) is 39.9 Å². The summed E-state index contributed by atoms with van der Waals surface area (Å²) in [6, 6.07) is 17.9. The summed E-state index contributed by atoms with van der Waals surface area (Å²) in [5.41, 5.74) is 9.10. The number of rotatable bonds is 8. The third kappa shape index (κ3) is 6.44. The molecule has 0 radical (unpaired) electrons. The van der Waals surface area contributed by atoms with E-state index in [4.69, 9.17) is 33.7 Å². The maximum absolute atomic E-state index is 13.7. The first kappa shape index (κ1) is 28.8. The van der Waals surface area contributed by atoms with Crippen LogP contribution in [0.5, 0.6) is 0 Å². The Balaban J connectivity index is 1.44. The van der Waals surface area contributed by atoms with Gasteiger partial charge in [0.1, 0.15) is 6.54 Å². The number of benzene rings is 3. The maximum Gasteiger partial charge on any atom is 0.269 e. The highest BCUT2D eigenvalue weighted by Crippen LogP contribution is 2.28. The number of hydrogen-bond donors (Lipinski definition) is 1. The highest BCUT2D eigenvalue weighted by Gasteiger charge is 2.26. The molecule has 0 aliphatic carbocycles. The van der Waals surface area contributed by atoms with Gasteiger partial charge in [-0.05, 0) is 41.0 Å². The highest BCUT2D eigenvalue weighted by atomic mass is 35.5. The molecule has 9 nitrogen and oxygen atoms in total. The Kier molecular flexibility index (Phi) is 8.70. The van der Waals surface area contributed by atoms with Crippen molar-refractivity contribution < 1.29 is 14.3 Å². The normalized spacial score (nSPS) is 14.6. The van der Waals surface area contributed by atoms with Gasteiger partial charge in [-0.25, -0.2) is 4.98 Å². The SMILES string of the molecule is CN(C(=O)Cn1c(=O)cnc2cc(Cl)c(Cl)cc21)C(CN1CCOCC1)c1ccc(-c2cccc(C(N)=O)c2)cc1. The summed E-state index contributed by atoms with van der Waals surface area (Å²) < 4.78 is 6.88. The molecular weight excluding hydrogens is 565 g/mol.